The Kier molecular flexibility index (Phi) is 5.73. The van der Waals surface area contributed by atoms with Crippen molar-refractivity contribution in [3.63, 3.8) is 0 Å². The Bertz CT molecular complexity index is 926. The molecule has 3 aromatic rings. The van der Waals surface area contributed by atoms with Gasteiger partial charge in [0.2, 0.25) is 0 Å². The SMILES string of the molecule is c1ccc(CON=C(COc2ccccc2)c2ccc3c(c2)OCCO3)cc1. The summed E-state index contributed by atoms with van der Waals surface area (Å²) in [4.78, 5) is 5.60. The summed E-state index contributed by atoms with van der Waals surface area (Å²) >= 11 is 0. The van der Waals surface area contributed by atoms with Gasteiger partial charge in [0.15, 0.2) is 11.5 Å². The quantitative estimate of drug-likeness (QED) is 0.452. The lowest BCUT2D eigenvalue weighted by molar-refractivity contribution is 0.129. The fourth-order valence-electron chi connectivity index (χ4n) is 2.81. The first-order chi connectivity index (χ1) is 13.9. The van der Waals surface area contributed by atoms with Gasteiger partial charge in [0.1, 0.15) is 37.9 Å². The maximum absolute atomic E-state index is 5.89. The molecule has 0 aliphatic carbocycles. The maximum Gasteiger partial charge on any atom is 0.162 e. The van der Waals surface area contributed by atoms with E-state index in [2.05, 4.69) is 5.16 Å². The van der Waals surface area contributed by atoms with Crippen LogP contribution in [0.5, 0.6) is 17.2 Å². The van der Waals surface area contributed by atoms with Gasteiger partial charge in [0, 0.05) is 5.56 Å². The van der Waals surface area contributed by atoms with Gasteiger partial charge in [-0.3, -0.25) is 0 Å². The zero-order valence-corrected chi connectivity index (χ0v) is 15.4. The average Bonchev–Trinajstić information content (AvgIpc) is 2.77. The van der Waals surface area contributed by atoms with E-state index in [1.807, 2.05) is 78.9 Å². The van der Waals surface area contributed by atoms with Gasteiger partial charge in [-0.1, -0.05) is 53.7 Å². The molecule has 0 bridgehead atoms. The molecule has 5 heteroatoms. The molecule has 1 heterocycles. The van der Waals surface area contributed by atoms with Crippen LogP contribution in [-0.2, 0) is 11.4 Å². The van der Waals surface area contributed by atoms with Gasteiger partial charge in [0.05, 0.1) is 0 Å². The number of para-hydroxylation sites is 1. The van der Waals surface area contributed by atoms with Crippen molar-refractivity contribution in [3.8, 4) is 17.2 Å². The summed E-state index contributed by atoms with van der Waals surface area (Å²) in [5, 5.41) is 4.35. The molecule has 0 fully saturated rings. The molecule has 1 aliphatic heterocycles. The van der Waals surface area contributed by atoms with Gasteiger partial charge in [-0.25, -0.2) is 0 Å². The van der Waals surface area contributed by atoms with E-state index >= 15 is 0 Å². The number of hydrogen-bond donors (Lipinski definition) is 0. The van der Waals surface area contributed by atoms with Gasteiger partial charge < -0.3 is 19.0 Å². The number of hydrogen-bond acceptors (Lipinski definition) is 5. The zero-order chi connectivity index (χ0) is 19.0. The van der Waals surface area contributed by atoms with Crippen LogP contribution in [0.4, 0.5) is 0 Å². The molecule has 0 radical (unpaired) electrons. The zero-order valence-electron chi connectivity index (χ0n) is 15.4. The van der Waals surface area contributed by atoms with E-state index in [0.717, 1.165) is 22.6 Å². The highest BCUT2D eigenvalue weighted by Crippen LogP contribution is 2.31. The molecule has 0 unspecified atom stereocenters. The maximum atomic E-state index is 5.89. The third-order valence-electron chi connectivity index (χ3n) is 4.24. The van der Waals surface area contributed by atoms with Crippen molar-refractivity contribution < 1.29 is 19.0 Å². The highest BCUT2D eigenvalue weighted by atomic mass is 16.6. The summed E-state index contributed by atoms with van der Waals surface area (Å²) in [5.74, 6) is 2.22. The van der Waals surface area contributed by atoms with Crippen LogP contribution in [-0.4, -0.2) is 25.5 Å². The van der Waals surface area contributed by atoms with Crippen LogP contribution < -0.4 is 14.2 Å². The third kappa shape index (κ3) is 4.62. The van der Waals surface area contributed by atoms with Crippen LogP contribution in [0.1, 0.15) is 11.1 Å². The molecule has 5 nitrogen and oxygen atoms in total. The molecule has 0 amide bonds. The molecule has 4 rings (SSSR count). The standard InChI is InChI=1S/C23H21NO4/c1-3-7-18(8-4-1)16-28-24-21(17-27-20-9-5-2-6-10-20)19-11-12-22-23(15-19)26-14-13-25-22/h1-12,15H,13-14,16-17H2. The van der Waals surface area contributed by atoms with Crippen molar-refractivity contribution in [2.45, 2.75) is 6.61 Å². The van der Waals surface area contributed by atoms with Gasteiger partial charge in [-0.15, -0.1) is 0 Å². The van der Waals surface area contributed by atoms with Crippen LogP contribution >= 0.6 is 0 Å². The van der Waals surface area contributed by atoms with Crippen LogP contribution in [0.2, 0.25) is 0 Å². The molecular formula is C23H21NO4. The first kappa shape index (κ1) is 17.9. The topological polar surface area (TPSA) is 49.3 Å². The number of benzene rings is 3. The van der Waals surface area contributed by atoms with E-state index in [4.69, 9.17) is 19.0 Å². The fraction of sp³-hybridized carbons (Fsp3) is 0.174. The predicted octanol–water partition coefficient (Wildman–Crippen LogP) is 4.46. The molecule has 28 heavy (non-hydrogen) atoms. The lowest BCUT2D eigenvalue weighted by atomic mass is 10.1. The summed E-state index contributed by atoms with van der Waals surface area (Å²) in [6, 6.07) is 25.3. The Balaban J connectivity index is 1.52. The van der Waals surface area contributed by atoms with Crippen molar-refractivity contribution in [3.05, 3.63) is 90.0 Å². The number of nitrogens with zero attached hydrogens (tertiary/aromatic N) is 1. The van der Waals surface area contributed by atoms with E-state index < -0.39 is 0 Å². The van der Waals surface area contributed by atoms with E-state index in [-0.39, 0.29) is 6.61 Å². The Labute approximate surface area is 164 Å². The second kappa shape index (κ2) is 8.95. The van der Waals surface area contributed by atoms with E-state index in [9.17, 15) is 0 Å². The number of oxime groups is 1. The molecule has 0 spiro atoms. The number of rotatable bonds is 7. The van der Waals surface area contributed by atoms with Crippen molar-refractivity contribution in [2.24, 2.45) is 5.16 Å². The molecule has 0 aromatic heterocycles. The summed E-state index contributed by atoms with van der Waals surface area (Å²) in [5.41, 5.74) is 2.60. The van der Waals surface area contributed by atoms with Gasteiger partial charge in [-0.05, 0) is 35.9 Å². The van der Waals surface area contributed by atoms with Crippen LogP contribution in [0, 0.1) is 0 Å². The highest BCUT2D eigenvalue weighted by Gasteiger charge is 2.15. The Morgan fingerprint density at radius 1 is 0.821 bits per heavy atom. The molecular weight excluding hydrogens is 354 g/mol. The molecule has 3 aromatic carbocycles. The Morgan fingerprint density at radius 2 is 1.54 bits per heavy atom. The lowest BCUT2D eigenvalue weighted by Gasteiger charge is -2.19. The number of fused-ring (bicyclic) bond motifs is 1. The minimum absolute atomic E-state index is 0.276. The minimum Gasteiger partial charge on any atom is -0.487 e. The first-order valence-corrected chi connectivity index (χ1v) is 9.19. The summed E-state index contributed by atoms with van der Waals surface area (Å²) in [6.45, 7) is 1.76. The molecule has 0 N–H and O–H groups in total. The third-order valence-corrected chi connectivity index (χ3v) is 4.24. The summed E-state index contributed by atoms with van der Waals surface area (Å²) in [7, 11) is 0. The fourth-order valence-corrected chi connectivity index (χ4v) is 2.81. The molecule has 0 atom stereocenters. The monoisotopic (exact) mass is 375 g/mol. The van der Waals surface area contributed by atoms with E-state index in [0.29, 0.717) is 31.3 Å². The molecule has 142 valence electrons. The minimum atomic E-state index is 0.276. The summed E-state index contributed by atoms with van der Waals surface area (Å²) in [6.07, 6.45) is 0. The highest BCUT2D eigenvalue weighted by molar-refractivity contribution is 6.02. The Hall–Kier alpha value is -3.47. The number of ether oxygens (including phenoxy) is 3. The van der Waals surface area contributed by atoms with Crippen molar-refractivity contribution in [1.29, 1.82) is 0 Å². The van der Waals surface area contributed by atoms with Crippen molar-refractivity contribution in [2.75, 3.05) is 19.8 Å². The summed E-state index contributed by atoms with van der Waals surface area (Å²) < 4.78 is 17.2. The largest absolute Gasteiger partial charge is 0.487 e. The van der Waals surface area contributed by atoms with Gasteiger partial charge in [0.25, 0.3) is 0 Å². The van der Waals surface area contributed by atoms with Crippen LogP contribution in [0.25, 0.3) is 0 Å². The normalized spacial score (nSPS) is 13.1. The average molecular weight is 375 g/mol. The Morgan fingerprint density at radius 3 is 2.32 bits per heavy atom. The van der Waals surface area contributed by atoms with E-state index in [1.54, 1.807) is 0 Å². The second-order valence-corrected chi connectivity index (χ2v) is 6.26. The molecule has 0 saturated heterocycles. The van der Waals surface area contributed by atoms with Crippen molar-refractivity contribution in [1.82, 2.24) is 0 Å². The van der Waals surface area contributed by atoms with Gasteiger partial charge >= 0.3 is 0 Å². The molecule has 0 saturated carbocycles. The first-order valence-electron chi connectivity index (χ1n) is 9.19. The predicted molar refractivity (Wildman–Crippen MR) is 107 cm³/mol. The van der Waals surface area contributed by atoms with Crippen molar-refractivity contribution >= 4 is 5.71 Å². The van der Waals surface area contributed by atoms with Gasteiger partial charge in [-0.2, -0.15) is 0 Å². The smallest absolute Gasteiger partial charge is 0.162 e. The van der Waals surface area contributed by atoms with Crippen LogP contribution in [0.15, 0.2) is 84.0 Å². The van der Waals surface area contributed by atoms with E-state index in [1.165, 1.54) is 0 Å². The lowest BCUT2D eigenvalue weighted by Crippen LogP contribution is -2.17. The molecule has 1 aliphatic rings. The van der Waals surface area contributed by atoms with Crippen LogP contribution in [0.3, 0.4) is 0 Å². The second-order valence-electron chi connectivity index (χ2n) is 6.26.